The first-order valence-corrected chi connectivity index (χ1v) is 6.42. The van der Waals surface area contributed by atoms with Crippen molar-refractivity contribution < 1.29 is 4.79 Å². The first-order valence-electron chi connectivity index (χ1n) is 6.42. The number of benzene rings is 2. The number of nitrogen functional groups attached to an aromatic ring is 1. The quantitative estimate of drug-likeness (QED) is 0.572. The van der Waals surface area contributed by atoms with Gasteiger partial charge in [-0.15, -0.1) is 0 Å². The molecule has 0 radical (unpaired) electrons. The minimum Gasteiger partial charge on any atom is -0.399 e. The number of Topliss-reactive ketones (excluding diaryl/α,β-unsaturated/α-hetero) is 1. The lowest BCUT2D eigenvalue weighted by Gasteiger charge is -2.07. The molecule has 100 valence electrons. The van der Waals surface area contributed by atoms with Crippen molar-refractivity contribution >= 4 is 22.5 Å². The minimum atomic E-state index is 0.0662. The van der Waals surface area contributed by atoms with Gasteiger partial charge in [0.05, 0.1) is 11.0 Å². The molecular weight excluding hydrogens is 250 g/mol. The number of rotatable bonds is 2. The molecule has 0 bridgehead atoms. The lowest BCUT2D eigenvalue weighted by atomic mass is 10.1. The van der Waals surface area contributed by atoms with E-state index in [1.54, 1.807) is 6.92 Å². The second-order valence-corrected chi connectivity index (χ2v) is 4.85. The molecular formula is C16H15N3O. The van der Waals surface area contributed by atoms with Crippen molar-refractivity contribution in [3.05, 3.63) is 53.9 Å². The fourth-order valence-electron chi connectivity index (χ4n) is 2.39. The number of carbonyl (C=O) groups is 1. The van der Waals surface area contributed by atoms with E-state index in [4.69, 9.17) is 5.73 Å². The third-order valence-electron chi connectivity index (χ3n) is 3.38. The molecule has 4 nitrogen and oxygen atoms in total. The Bertz CT molecular complexity index is 800. The summed E-state index contributed by atoms with van der Waals surface area (Å²) in [5.41, 5.74) is 10.1. The summed E-state index contributed by atoms with van der Waals surface area (Å²) in [5, 5.41) is 0. The van der Waals surface area contributed by atoms with Gasteiger partial charge in [0.2, 0.25) is 0 Å². The van der Waals surface area contributed by atoms with E-state index in [2.05, 4.69) is 9.55 Å². The lowest BCUT2D eigenvalue weighted by molar-refractivity contribution is 0.101. The van der Waals surface area contributed by atoms with Crippen molar-refractivity contribution in [3.63, 3.8) is 0 Å². The summed E-state index contributed by atoms with van der Waals surface area (Å²) in [6, 6.07) is 13.2. The van der Waals surface area contributed by atoms with Crippen LogP contribution in [0.1, 0.15) is 23.1 Å². The Morgan fingerprint density at radius 2 is 1.85 bits per heavy atom. The zero-order chi connectivity index (χ0) is 14.3. The fourth-order valence-corrected chi connectivity index (χ4v) is 2.39. The molecule has 0 unspecified atom stereocenters. The topological polar surface area (TPSA) is 60.9 Å². The van der Waals surface area contributed by atoms with Crippen LogP contribution in [0.2, 0.25) is 0 Å². The van der Waals surface area contributed by atoms with Crippen LogP contribution in [0, 0.1) is 6.92 Å². The third kappa shape index (κ3) is 1.95. The van der Waals surface area contributed by atoms with Gasteiger partial charge in [0.25, 0.3) is 0 Å². The number of fused-ring (bicyclic) bond motifs is 1. The Kier molecular flexibility index (Phi) is 2.79. The Hall–Kier alpha value is -2.62. The average Bonchev–Trinajstić information content (AvgIpc) is 2.73. The molecule has 2 N–H and O–H groups in total. The highest BCUT2D eigenvalue weighted by atomic mass is 16.1. The number of hydrogen-bond donors (Lipinski definition) is 1. The maximum absolute atomic E-state index is 11.3. The van der Waals surface area contributed by atoms with E-state index in [1.165, 1.54) is 0 Å². The van der Waals surface area contributed by atoms with Crippen LogP contribution in [0.4, 0.5) is 5.69 Å². The van der Waals surface area contributed by atoms with Gasteiger partial charge in [0.15, 0.2) is 5.78 Å². The predicted octanol–water partition coefficient (Wildman–Crippen LogP) is 3.12. The second kappa shape index (κ2) is 4.49. The van der Waals surface area contributed by atoms with E-state index in [1.807, 2.05) is 49.4 Å². The number of ketones is 1. The van der Waals surface area contributed by atoms with Crippen LogP contribution in [-0.2, 0) is 0 Å². The van der Waals surface area contributed by atoms with Crippen molar-refractivity contribution in [2.24, 2.45) is 0 Å². The van der Waals surface area contributed by atoms with Gasteiger partial charge >= 0.3 is 0 Å². The maximum Gasteiger partial charge on any atom is 0.159 e. The van der Waals surface area contributed by atoms with E-state index < -0.39 is 0 Å². The number of nitrogens with zero attached hydrogens (tertiary/aromatic N) is 2. The Morgan fingerprint density at radius 1 is 1.15 bits per heavy atom. The molecule has 0 spiro atoms. The van der Waals surface area contributed by atoms with Crippen molar-refractivity contribution in [3.8, 4) is 5.69 Å². The molecule has 20 heavy (non-hydrogen) atoms. The second-order valence-electron chi connectivity index (χ2n) is 4.85. The molecule has 4 heteroatoms. The molecule has 0 saturated heterocycles. The van der Waals surface area contributed by atoms with Gasteiger partial charge in [-0.25, -0.2) is 4.98 Å². The highest BCUT2D eigenvalue weighted by Crippen LogP contribution is 2.23. The summed E-state index contributed by atoms with van der Waals surface area (Å²) >= 11 is 0. The van der Waals surface area contributed by atoms with Gasteiger partial charge in [0.1, 0.15) is 5.82 Å². The van der Waals surface area contributed by atoms with Gasteiger partial charge in [-0.3, -0.25) is 9.36 Å². The Balaban J connectivity index is 2.18. The third-order valence-corrected chi connectivity index (χ3v) is 3.38. The average molecular weight is 265 g/mol. The molecule has 0 aliphatic carbocycles. The summed E-state index contributed by atoms with van der Waals surface area (Å²) in [6.07, 6.45) is 0. The van der Waals surface area contributed by atoms with Crippen LogP contribution >= 0.6 is 0 Å². The smallest absolute Gasteiger partial charge is 0.159 e. The highest BCUT2D eigenvalue weighted by Gasteiger charge is 2.09. The summed E-state index contributed by atoms with van der Waals surface area (Å²) in [7, 11) is 0. The van der Waals surface area contributed by atoms with E-state index in [0.717, 1.165) is 22.5 Å². The van der Waals surface area contributed by atoms with Crippen LogP contribution in [0.3, 0.4) is 0 Å². The van der Waals surface area contributed by atoms with Gasteiger partial charge in [0, 0.05) is 16.9 Å². The zero-order valence-corrected chi connectivity index (χ0v) is 11.4. The highest BCUT2D eigenvalue weighted by molar-refractivity contribution is 5.94. The molecule has 1 heterocycles. The fraction of sp³-hybridized carbons (Fsp3) is 0.125. The van der Waals surface area contributed by atoms with Crippen LogP contribution in [0.25, 0.3) is 16.7 Å². The van der Waals surface area contributed by atoms with Crippen LogP contribution in [0.5, 0.6) is 0 Å². The molecule has 3 aromatic rings. The van der Waals surface area contributed by atoms with Crippen molar-refractivity contribution in [1.29, 1.82) is 0 Å². The van der Waals surface area contributed by atoms with Gasteiger partial charge in [-0.2, -0.15) is 0 Å². The number of nitrogens with two attached hydrogens (primary N) is 1. The van der Waals surface area contributed by atoms with E-state index in [0.29, 0.717) is 11.3 Å². The normalized spacial score (nSPS) is 10.9. The lowest BCUT2D eigenvalue weighted by Crippen LogP contribution is -1.98. The van der Waals surface area contributed by atoms with E-state index >= 15 is 0 Å². The number of hydrogen-bond acceptors (Lipinski definition) is 3. The van der Waals surface area contributed by atoms with Crippen LogP contribution in [-0.4, -0.2) is 15.3 Å². The predicted molar refractivity (Wildman–Crippen MR) is 80.2 cm³/mol. The van der Waals surface area contributed by atoms with Crippen LogP contribution < -0.4 is 5.73 Å². The first-order chi connectivity index (χ1) is 9.56. The standard InChI is InChI=1S/C16H15N3O/c1-10(20)12-3-6-14(7-4-12)19-11(2)18-15-9-13(17)5-8-16(15)19/h3-9H,17H2,1-2H3. The number of aromatic nitrogens is 2. The number of imidazole rings is 1. The summed E-state index contributed by atoms with van der Waals surface area (Å²) in [4.78, 5) is 15.9. The van der Waals surface area contributed by atoms with Gasteiger partial charge in [-0.05, 0) is 56.3 Å². The number of aryl methyl sites for hydroxylation is 1. The monoisotopic (exact) mass is 265 g/mol. The number of anilines is 1. The van der Waals surface area contributed by atoms with Crippen molar-refractivity contribution in [2.45, 2.75) is 13.8 Å². The molecule has 0 fully saturated rings. The van der Waals surface area contributed by atoms with Gasteiger partial charge in [-0.1, -0.05) is 0 Å². The molecule has 0 atom stereocenters. The minimum absolute atomic E-state index is 0.0662. The van der Waals surface area contributed by atoms with E-state index in [9.17, 15) is 4.79 Å². The molecule has 2 aromatic carbocycles. The summed E-state index contributed by atoms with van der Waals surface area (Å²) in [5.74, 6) is 0.956. The SMILES string of the molecule is CC(=O)c1ccc(-n2c(C)nc3cc(N)ccc32)cc1. The first kappa shape index (κ1) is 12.4. The molecule has 0 amide bonds. The summed E-state index contributed by atoms with van der Waals surface area (Å²) in [6.45, 7) is 3.52. The molecule has 0 aliphatic rings. The maximum atomic E-state index is 11.3. The summed E-state index contributed by atoms with van der Waals surface area (Å²) < 4.78 is 2.05. The van der Waals surface area contributed by atoms with Crippen LogP contribution in [0.15, 0.2) is 42.5 Å². The van der Waals surface area contributed by atoms with E-state index in [-0.39, 0.29) is 5.78 Å². The Morgan fingerprint density at radius 3 is 2.50 bits per heavy atom. The molecule has 1 aromatic heterocycles. The zero-order valence-electron chi connectivity index (χ0n) is 11.4. The number of carbonyl (C=O) groups excluding carboxylic acids is 1. The van der Waals surface area contributed by atoms with Crippen molar-refractivity contribution in [2.75, 3.05) is 5.73 Å². The largest absolute Gasteiger partial charge is 0.399 e. The Labute approximate surface area is 116 Å². The van der Waals surface area contributed by atoms with Crippen molar-refractivity contribution in [1.82, 2.24) is 9.55 Å². The molecule has 0 aliphatic heterocycles. The molecule has 3 rings (SSSR count). The molecule has 0 saturated carbocycles. The van der Waals surface area contributed by atoms with Gasteiger partial charge < -0.3 is 5.73 Å².